The Hall–Kier alpha value is -1.49. The molecule has 0 aliphatic heterocycles. The van der Waals surface area contributed by atoms with Crippen molar-refractivity contribution in [1.82, 2.24) is 4.98 Å². The van der Waals surface area contributed by atoms with Crippen LogP contribution < -0.4 is 0 Å². The van der Waals surface area contributed by atoms with Crippen LogP contribution in [-0.2, 0) is 0 Å². The van der Waals surface area contributed by atoms with Crippen LogP contribution in [0.15, 0.2) is 39.1 Å². The molecular weight excluding hydrogens is 236 g/mol. The monoisotopic (exact) mass is 248 g/mol. The zero-order valence-electron chi connectivity index (χ0n) is 9.17. The summed E-state index contributed by atoms with van der Waals surface area (Å²) in [6, 6.07) is 7.70. The van der Waals surface area contributed by atoms with Crippen molar-refractivity contribution in [2.45, 2.75) is 29.7 Å². The minimum absolute atomic E-state index is 0.202. The van der Waals surface area contributed by atoms with Crippen molar-refractivity contribution in [3.8, 4) is 0 Å². The van der Waals surface area contributed by atoms with E-state index in [-0.39, 0.29) is 5.25 Å². The molecule has 17 heavy (non-hydrogen) atoms. The number of benzene rings is 1. The summed E-state index contributed by atoms with van der Waals surface area (Å²) in [6.45, 7) is 0. The maximum Gasteiger partial charge on any atom is 0.257 e. The molecule has 1 aliphatic carbocycles. The van der Waals surface area contributed by atoms with Gasteiger partial charge in [-0.3, -0.25) is 0 Å². The van der Waals surface area contributed by atoms with Crippen LogP contribution in [0.2, 0.25) is 0 Å². The van der Waals surface area contributed by atoms with Crippen LogP contribution in [0.1, 0.15) is 19.3 Å². The van der Waals surface area contributed by atoms with Crippen molar-refractivity contribution in [2.75, 3.05) is 0 Å². The van der Waals surface area contributed by atoms with Crippen molar-refractivity contribution < 1.29 is 9.62 Å². The summed E-state index contributed by atoms with van der Waals surface area (Å²) in [5, 5.41) is 13.1. The number of hydrogen-bond donors (Lipinski definition) is 1. The van der Waals surface area contributed by atoms with Gasteiger partial charge in [-0.05, 0) is 31.4 Å². The van der Waals surface area contributed by atoms with Crippen LogP contribution in [0, 0.1) is 0 Å². The van der Waals surface area contributed by atoms with Gasteiger partial charge in [0, 0.05) is 0 Å². The average molecular weight is 248 g/mol. The summed E-state index contributed by atoms with van der Waals surface area (Å²) in [5.74, 6) is 0. The smallest absolute Gasteiger partial charge is 0.257 e. The topological polar surface area (TPSA) is 58.6 Å². The van der Waals surface area contributed by atoms with E-state index in [9.17, 15) is 0 Å². The molecule has 1 N–H and O–H groups in total. The first-order valence-corrected chi connectivity index (χ1v) is 6.48. The molecular formula is C12H12N2O2S. The lowest BCUT2D eigenvalue weighted by Crippen LogP contribution is -2.08. The van der Waals surface area contributed by atoms with E-state index in [4.69, 9.17) is 9.62 Å². The zero-order chi connectivity index (χ0) is 11.7. The number of aromatic nitrogens is 1. The van der Waals surface area contributed by atoms with E-state index < -0.39 is 0 Å². The number of fused-ring (bicyclic) bond motifs is 1. The highest BCUT2D eigenvalue weighted by atomic mass is 32.2. The van der Waals surface area contributed by atoms with Crippen molar-refractivity contribution >= 4 is 28.6 Å². The number of rotatable bonds is 2. The molecule has 5 heteroatoms. The molecule has 1 fully saturated rings. The number of hydrogen-bond acceptors (Lipinski definition) is 5. The minimum atomic E-state index is 0.202. The molecule has 0 bridgehead atoms. The van der Waals surface area contributed by atoms with Gasteiger partial charge in [-0.25, -0.2) is 4.98 Å². The highest BCUT2D eigenvalue weighted by molar-refractivity contribution is 8.00. The molecule has 1 heterocycles. The third-order valence-electron chi connectivity index (χ3n) is 2.92. The summed E-state index contributed by atoms with van der Waals surface area (Å²) >= 11 is 1.54. The van der Waals surface area contributed by atoms with Crippen LogP contribution in [0.4, 0.5) is 0 Å². The number of nitrogens with zero attached hydrogens (tertiary/aromatic N) is 2. The lowest BCUT2D eigenvalue weighted by molar-refractivity contribution is 0.317. The van der Waals surface area contributed by atoms with Gasteiger partial charge in [0.15, 0.2) is 5.58 Å². The molecule has 1 aliphatic rings. The lowest BCUT2D eigenvalue weighted by Gasteiger charge is -2.04. The Labute approximate surface area is 103 Å². The molecule has 1 aromatic heterocycles. The maximum atomic E-state index is 8.88. The van der Waals surface area contributed by atoms with Crippen molar-refractivity contribution in [1.29, 1.82) is 0 Å². The number of oxazole rings is 1. The van der Waals surface area contributed by atoms with Gasteiger partial charge in [0.1, 0.15) is 5.52 Å². The van der Waals surface area contributed by atoms with E-state index in [0.29, 0.717) is 5.22 Å². The van der Waals surface area contributed by atoms with E-state index in [0.717, 1.165) is 36.1 Å². The Morgan fingerprint density at radius 2 is 2.29 bits per heavy atom. The van der Waals surface area contributed by atoms with E-state index in [2.05, 4.69) is 10.1 Å². The van der Waals surface area contributed by atoms with Crippen LogP contribution in [-0.4, -0.2) is 21.2 Å². The molecule has 4 nitrogen and oxygen atoms in total. The van der Waals surface area contributed by atoms with E-state index >= 15 is 0 Å². The van der Waals surface area contributed by atoms with Gasteiger partial charge in [0.2, 0.25) is 0 Å². The van der Waals surface area contributed by atoms with Crippen LogP contribution in [0.25, 0.3) is 11.1 Å². The molecule has 0 radical (unpaired) electrons. The number of oxime groups is 1. The standard InChI is InChI=1S/C12H12N2O2S/c15-14-9-5-3-7-11(9)17-12-13-8-4-1-2-6-10(8)16-12/h1-2,4,6,11,15H,3,5,7H2. The molecule has 0 amide bonds. The Balaban J connectivity index is 1.85. The summed E-state index contributed by atoms with van der Waals surface area (Å²) in [5.41, 5.74) is 2.52. The van der Waals surface area contributed by atoms with Gasteiger partial charge in [-0.1, -0.05) is 29.1 Å². The Bertz CT molecular complexity index is 531. The van der Waals surface area contributed by atoms with Crippen LogP contribution in [0.5, 0.6) is 0 Å². The molecule has 1 unspecified atom stereocenters. The quantitative estimate of drug-likeness (QED) is 0.654. The van der Waals surface area contributed by atoms with Crippen LogP contribution in [0.3, 0.4) is 0 Å². The number of thioether (sulfide) groups is 1. The first-order valence-electron chi connectivity index (χ1n) is 5.60. The first-order chi connectivity index (χ1) is 8.36. The molecule has 3 rings (SSSR count). The largest absolute Gasteiger partial charge is 0.431 e. The van der Waals surface area contributed by atoms with Gasteiger partial charge in [-0.15, -0.1) is 0 Å². The highest BCUT2D eigenvalue weighted by Crippen LogP contribution is 2.34. The molecule has 1 aromatic carbocycles. The van der Waals surface area contributed by atoms with Crippen molar-refractivity contribution in [3.05, 3.63) is 24.3 Å². The predicted octanol–water partition coefficient (Wildman–Crippen LogP) is 3.30. The highest BCUT2D eigenvalue weighted by Gasteiger charge is 2.26. The van der Waals surface area contributed by atoms with Gasteiger partial charge in [-0.2, -0.15) is 0 Å². The fourth-order valence-corrected chi connectivity index (χ4v) is 3.18. The van der Waals surface area contributed by atoms with Crippen molar-refractivity contribution in [2.24, 2.45) is 5.16 Å². The Morgan fingerprint density at radius 3 is 3.12 bits per heavy atom. The third kappa shape index (κ3) is 2.02. The van der Waals surface area contributed by atoms with E-state index in [1.807, 2.05) is 24.3 Å². The minimum Gasteiger partial charge on any atom is -0.431 e. The molecule has 0 saturated heterocycles. The van der Waals surface area contributed by atoms with E-state index in [1.54, 1.807) is 11.8 Å². The molecule has 1 atom stereocenters. The molecule has 2 aromatic rings. The second-order valence-corrected chi connectivity index (χ2v) is 5.19. The normalized spacial score (nSPS) is 22.6. The summed E-state index contributed by atoms with van der Waals surface area (Å²) in [6.07, 6.45) is 2.95. The molecule has 1 saturated carbocycles. The van der Waals surface area contributed by atoms with Crippen LogP contribution >= 0.6 is 11.8 Å². The van der Waals surface area contributed by atoms with E-state index in [1.165, 1.54) is 0 Å². The fourth-order valence-electron chi connectivity index (χ4n) is 2.06. The van der Waals surface area contributed by atoms with Gasteiger partial charge in [0.05, 0.1) is 11.0 Å². The average Bonchev–Trinajstić information content (AvgIpc) is 2.94. The SMILES string of the molecule is ON=C1CCCC1Sc1nc2ccccc2o1. The fraction of sp³-hybridized carbons (Fsp3) is 0.333. The summed E-state index contributed by atoms with van der Waals surface area (Å²) in [7, 11) is 0. The molecule has 88 valence electrons. The maximum absolute atomic E-state index is 8.88. The van der Waals surface area contributed by atoms with Gasteiger partial charge < -0.3 is 9.62 Å². The molecule has 0 spiro atoms. The summed E-state index contributed by atoms with van der Waals surface area (Å²) in [4.78, 5) is 4.40. The third-order valence-corrected chi connectivity index (χ3v) is 4.09. The van der Waals surface area contributed by atoms with Crippen molar-refractivity contribution in [3.63, 3.8) is 0 Å². The second-order valence-electron chi connectivity index (χ2n) is 4.04. The Kier molecular flexibility index (Phi) is 2.76. The zero-order valence-corrected chi connectivity index (χ0v) is 9.98. The number of para-hydroxylation sites is 2. The lowest BCUT2D eigenvalue weighted by atomic mass is 10.3. The van der Waals surface area contributed by atoms with Gasteiger partial charge in [0.25, 0.3) is 5.22 Å². The first kappa shape index (κ1) is 10.7. The Morgan fingerprint density at radius 1 is 1.41 bits per heavy atom. The van der Waals surface area contributed by atoms with Gasteiger partial charge >= 0.3 is 0 Å². The second kappa shape index (κ2) is 4.41. The summed E-state index contributed by atoms with van der Waals surface area (Å²) < 4.78 is 5.64. The predicted molar refractivity (Wildman–Crippen MR) is 66.7 cm³/mol.